The van der Waals surface area contributed by atoms with Crippen LogP contribution in [0.15, 0.2) is 85.2 Å². The van der Waals surface area contributed by atoms with Gasteiger partial charge in [0, 0.05) is 43.0 Å². The van der Waals surface area contributed by atoms with Gasteiger partial charge in [0.2, 0.25) is 0 Å². The Balaban J connectivity index is 0.000000184. The zero-order valence-electron chi connectivity index (χ0n) is 28.0. The topological polar surface area (TPSA) is 25.8 Å². The third-order valence-electron chi connectivity index (χ3n) is 8.89. The molecule has 1 fully saturated rings. The Bertz CT molecular complexity index is 1940. The van der Waals surface area contributed by atoms with E-state index in [0.29, 0.717) is 5.92 Å². The van der Waals surface area contributed by atoms with Crippen LogP contribution >= 0.6 is 11.3 Å². The molecule has 1 aliphatic rings. The van der Waals surface area contributed by atoms with E-state index in [-0.39, 0.29) is 25.9 Å². The molecule has 1 aliphatic carbocycles. The molecule has 1 saturated carbocycles. The summed E-state index contributed by atoms with van der Waals surface area (Å²) in [6.45, 7) is 11.5. The zero-order chi connectivity index (χ0) is 32.3. The van der Waals surface area contributed by atoms with Gasteiger partial charge in [-0.05, 0) is 63.5 Å². The third-order valence-corrected chi connectivity index (χ3v) is 12.2. The normalized spacial score (nSPS) is 13.5. The van der Waals surface area contributed by atoms with Crippen LogP contribution in [0.4, 0.5) is 4.39 Å². The molecule has 2 nitrogen and oxygen atoms in total. The fourth-order valence-corrected chi connectivity index (χ4v) is 9.46. The number of rotatable bonds is 7. The first-order valence-corrected chi connectivity index (χ1v) is 20.9. The van der Waals surface area contributed by atoms with Gasteiger partial charge in [-0.2, -0.15) is 11.3 Å². The van der Waals surface area contributed by atoms with Gasteiger partial charge in [0.15, 0.2) is 0 Å². The fourth-order valence-electron chi connectivity index (χ4n) is 6.66. The maximum Gasteiger partial charge on any atom is 0.0798 e. The van der Waals surface area contributed by atoms with Crippen molar-refractivity contribution in [2.75, 3.05) is 0 Å². The number of pyridine rings is 2. The SMILES string of the molecule is CC(C)Cc1cc(-c2[c-]cc(F)cc2)ncc1[Si](C)(C)C.[Ir].[c-]1ccc2c(sc3ccccc32)c1-c1cc(CC2CCCC2)ccn1. The molecule has 3 aromatic heterocycles. The molecule has 0 spiro atoms. The second-order valence-electron chi connectivity index (χ2n) is 14.1. The van der Waals surface area contributed by atoms with Crippen LogP contribution in [0.3, 0.4) is 0 Å². The smallest absolute Gasteiger partial charge is 0.0798 e. The number of nitrogens with zero attached hydrogens (tertiary/aromatic N) is 2. The molecule has 0 atom stereocenters. The predicted octanol–water partition coefficient (Wildman–Crippen LogP) is 11.1. The molecule has 3 aromatic carbocycles. The first-order chi connectivity index (χ1) is 22.2. The van der Waals surface area contributed by atoms with E-state index in [4.69, 9.17) is 0 Å². The van der Waals surface area contributed by atoms with Gasteiger partial charge in [-0.3, -0.25) is 4.39 Å². The Morgan fingerprint density at radius 3 is 2.43 bits per heavy atom. The molecular formula is C41H43FIrN2SSi-2. The van der Waals surface area contributed by atoms with Crippen LogP contribution in [0.5, 0.6) is 0 Å². The summed E-state index contributed by atoms with van der Waals surface area (Å²) in [6.07, 6.45) is 11.8. The van der Waals surface area contributed by atoms with Crippen molar-refractivity contribution in [3.05, 3.63) is 114 Å². The van der Waals surface area contributed by atoms with Crippen molar-refractivity contribution in [1.82, 2.24) is 9.97 Å². The van der Waals surface area contributed by atoms with E-state index in [1.165, 1.54) is 80.7 Å². The van der Waals surface area contributed by atoms with E-state index in [2.05, 4.69) is 104 Å². The average molecular weight is 835 g/mol. The van der Waals surface area contributed by atoms with Gasteiger partial charge in [0.05, 0.1) is 8.07 Å². The number of benzene rings is 3. The van der Waals surface area contributed by atoms with Gasteiger partial charge < -0.3 is 9.97 Å². The van der Waals surface area contributed by atoms with E-state index < -0.39 is 8.07 Å². The van der Waals surface area contributed by atoms with E-state index in [1.54, 1.807) is 6.07 Å². The summed E-state index contributed by atoms with van der Waals surface area (Å²) >= 11 is 1.85. The monoisotopic (exact) mass is 835 g/mol. The number of fused-ring (bicyclic) bond motifs is 3. The second-order valence-corrected chi connectivity index (χ2v) is 20.2. The maximum atomic E-state index is 13.0. The Kier molecular flexibility index (Phi) is 11.6. The molecule has 0 unspecified atom stereocenters. The Labute approximate surface area is 298 Å². The van der Waals surface area contributed by atoms with Gasteiger partial charge in [-0.25, -0.2) is 0 Å². The van der Waals surface area contributed by atoms with Crippen LogP contribution in [-0.2, 0) is 32.9 Å². The van der Waals surface area contributed by atoms with Gasteiger partial charge in [0.25, 0.3) is 0 Å². The van der Waals surface area contributed by atoms with Crippen molar-refractivity contribution in [1.29, 1.82) is 0 Å². The molecule has 0 bridgehead atoms. The molecule has 0 amide bonds. The number of thiophene rings is 1. The summed E-state index contributed by atoms with van der Waals surface area (Å²) in [6, 6.07) is 30.5. The van der Waals surface area contributed by atoms with Gasteiger partial charge in [-0.1, -0.05) is 106 Å². The molecule has 0 aliphatic heterocycles. The molecule has 0 saturated heterocycles. The van der Waals surface area contributed by atoms with Crippen LogP contribution in [-0.4, -0.2) is 18.0 Å². The number of hydrogen-bond donors (Lipinski definition) is 0. The third kappa shape index (κ3) is 8.53. The van der Waals surface area contributed by atoms with Crippen LogP contribution in [0, 0.1) is 29.8 Å². The minimum absolute atomic E-state index is 0. The van der Waals surface area contributed by atoms with E-state index in [0.717, 1.165) is 34.9 Å². The van der Waals surface area contributed by atoms with Gasteiger partial charge in [-0.15, -0.1) is 53.6 Å². The fraction of sp³-hybridized carbons (Fsp3) is 0.317. The summed E-state index contributed by atoms with van der Waals surface area (Å²) in [4.78, 5) is 9.27. The number of aromatic nitrogens is 2. The van der Waals surface area contributed by atoms with Crippen LogP contribution in [0.25, 0.3) is 42.7 Å². The van der Waals surface area contributed by atoms with Gasteiger partial charge >= 0.3 is 0 Å². The standard InChI is InChI=1S/C23H20NS.C18H23FNSi.Ir/c1-2-7-16(6-1)14-17-12-13-24-21(15-17)20-10-5-9-19-18-8-3-4-11-22(18)25-23(19)20;1-13(2)10-15-11-17(14-6-8-16(19)9-7-14)20-12-18(15)21(3,4)5;/h3-5,8-9,11-13,15-16H,1-2,6-7,14H2;6,8-9,11-13H,10H2,1-5H3;/q2*-1;. The van der Waals surface area contributed by atoms with E-state index >= 15 is 0 Å². The minimum Gasteiger partial charge on any atom is -0.305 e. The maximum absolute atomic E-state index is 13.0. The molecule has 6 aromatic rings. The first-order valence-electron chi connectivity index (χ1n) is 16.6. The summed E-state index contributed by atoms with van der Waals surface area (Å²) in [7, 11) is -1.41. The summed E-state index contributed by atoms with van der Waals surface area (Å²) in [5.41, 5.74) is 6.74. The van der Waals surface area contributed by atoms with Crippen molar-refractivity contribution in [3.63, 3.8) is 0 Å². The Hall–Kier alpha value is -3.02. The molecule has 245 valence electrons. The summed E-state index contributed by atoms with van der Waals surface area (Å²) < 4.78 is 15.7. The zero-order valence-corrected chi connectivity index (χ0v) is 32.2. The number of halogens is 1. The van der Waals surface area contributed by atoms with Gasteiger partial charge in [0.1, 0.15) is 0 Å². The van der Waals surface area contributed by atoms with Crippen molar-refractivity contribution in [2.24, 2.45) is 11.8 Å². The largest absolute Gasteiger partial charge is 0.305 e. The molecule has 6 heteroatoms. The Morgan fingerprint density at radius 1 is 0.915 bits per heavy atom. The van der Waals surface area contributed by atoms with E-state index in [9.17, 15) is 4.39 Å². The molecule has 0 N–H and O–H groups in total. The quantitative estimate of drug-likeness (QED) is 0.118. The Morgan fingerprint density at radius 2 is 1.70 bits per heavy atom. The first kappa shape index (κ1) is 35.3. The van der Waals surface area contributed by atoms with Crippen LogP contribution in [0.2, 0.25) is 19.6 Å². The van der Waals surface area contributed by atoms with E-state index in [1.807, 2.05) is 29.8 Å². The molecule has 3 heterocycles. The summed E-state index contributed by atoms with van der Waals surface area (Å²) in [5, 5.41) is 4.07. The average Bonchev–Trinajstić information content (AvgIpc) is 3.69. The van der Waals surface area contributed by atoms with Crippen molar-refractivity contribution in [3.8, 4) is 22.5 Å². The number of hydrogen-bond acceptors (Lipinski definition) is 3. The molecule has 7 rings (SSSR count). The molecule has 47 heavy (non-hydrogen) atoms. The second kappa shape index (κ2) is 15.5. The minimum atomic E-state index is -1.41. The summed E-state index contributed by atoms with van der Waals surface area (Å²) in [5.74, 6) is 1.20. The van der Waals surface area contributed by atoms with Crippen molar-refractivity contribution < 1.29 is 24.5 Å². The van der Waals surface area contributed by atoms with Crippen LogP contribution in [0.1, 0.15) is 50.7 Å². The van der Waals surface area contributed by atoms with Crippen LogP contribution < -0.4 is 5.19 Å². The van der Waals surface area contributed by atoms with Crippen molar-refractivity contribution >= 4 is 44.8 Å². The molecule has 1 radical (unpaired) electrons. The molecular weight excluding hydrogens is 792 g/mol. The predicted molar refractivity (Wildman–Crippen MR) is 197 cm³/mol. The van der Waals surface area contributed by atoms with Crippen molar-refractivity contribution in [2.45, 2.75) is 72.0 Å².